The molecule has 0 spiro atoms. The Kier molecular flexibility index (Phi) is 3.53. The Bertz CT molecular complexity index is 578. The number of carbonyl (C=O) groups excluding carboxylic acids is 1. The number of thiophene rings is 1. The van der Waals surface area contributed by atoms with E-state index in [1.54, 1.807) is 12.1 Å². The van der Waals surface area contributed by atoms with Gasteiger partial charge in [0.1, 0.15) is 5.00 Å². The van der Waals surface area contributed by atoms with Gasteiger partial charge in [0.05, 0.1) is 24.0 Å². The summed E-state index contributed by atoms with van der Waals surface area (Å²) in [6.45, 7) is 1.94. The summed E-state index contributed by atoms with van der Waals surface area (Å²) in [7, 11) is 1.37. The number of rotatable bonds is 3. The van der Waals surface area contributed by atoms with Crippen LogP contribution < -0.4 is 11.1 Å². The van der Waals surface area contributed by atoms with Gasteiger partial charge in [-0.15, -0.1) is 11.3 Å². The maximum atomic E-state index is 11.6. The lowest BCUT2D eigenvalue weighted by molar-refractivity contribution is 0.0602. The summed E-state index contributed by atoms with van der Waals surface area (Å²) in [5.74, 6) is -0.351. The van der Waals surface area contributed by atoms with E-state index < -0.39 is 0 Å². The van der Waals surface area contributed by atoms with Crippen LogP contribution >= 0.6 is 11.3 Å². The Hall–Kier alpha value is -2.01. The molecule has 0 bridgehead atoms. The third kappa shape index (κ3) is 2.46. The molecule has 2 aromatic rings. The molecular weight excluding hydrogens is 248 g/mol. The van der Waals surface area contributed by atoms with Crippen molar-refractivity contribution in [1.29, 1.82) is 0 Å². The summed E-state index contributed by atoms with van der Waals surface area (Å²) < 4.78 is 4.75. The third-order valence-electron chi connectivity index (χ3n) is 2.47. The molecule has 1 aromatic carbocycles. The van der Waals surface area contributed by atoms with E-state index in [0.29, 0.717) is 11.3 Å². The summed E-state index contributed by atoms with van der Waals surface area (Å²) >= 11 is 1.49. The average molecular weight is 262 g/mol. The minimum absolute atomic E-state index is 0.351. The maximum Gasteiger partial charge on any atom is 0.340 e. The van der Waals surface area contributed by atoms with Gasteiger partial charge in [0, 0.05) is 4.88 Å². The second-order valence-electron chi connectivity index (χ2n) is 3.80. The molecule has 5 heteroatoms. The summed E-state index contributed by atoms with van der Waals surface area (Å²) in [6, 6.07) is 9.22. The number of carbonyl (C=O) groups is 1. The van der Waals surface area contributed by atoms with Crippen molar-refractivity contribution in [2.24, 2.45) is 0 Å². The number of esters is 1. The zero-order valence-electron chi connectivity index (χ0n) is 10.2. The first-order valence-corrected chi connectivity index (χ1v) is 6.23. The van der Waals surface area contributed by atoms with Gasteiger partial charge >= 0.3 is 5.97 Å². The molecule has 0 aliphatic carbocycles. The zero-order chi connectivity index (χ0) is 13.1. The van der Waals surface area contributed by atoms with Crippen LogP contribution in [0.1, 0.15) is 15.2 Å². The first-order valence-electron chi connectivity index (χ1n) is 5.42. The minimum Gasteiger partial charge on any atom is -0.465 e. The average Bonchev–Trinajstić information content (AvgIpc) is 2.72. The van der Waals surface area contributed by atoms with Crippen LogP contribution in [0.15, 0.2) is 30.3 Å². The smallest absolute Gasteiger partial charge is 0.340 e. The lowest BCUT2D eigenvalue weighted by Crippen LogP contribution is -2.03. The molecule has 94 valence electrons. The first-order chi connectivity index (χ1) is 8.61. The fraction of sp³-hybridized carbons (Fsp3) is 0.154. The molecule has 4 nitrogen and oxygen atoms in total. The largest absolute Gasteiger partial charge is 0.465 e. The molecule has 1 heterocycles. The van der Waals surface area contributed by atoms with Gasteiger partial charge in [-0.05, 0) is 25.1 Å². The van der Waals surface area contributed by atoms with Crippen LogP contribution in [-0.4, -0.2) is 13.1 Å². The third-order valence-corrected chi connectivity index (χ3v) is 3.44. The van der Waals surface area contributed by atoms with Crippen LogP contribution in [0.3, 0.4) is 0 Å². The standard InChI is InChI=1S/C13H14N2O2S/c1-8-7-9(13(16)17-2)12(18-8)15-11-6-4-3-5-10(11)14/h3-7,15H,14H2,1-2H3. The van der Waals surface area contributed by atoms with Crippen molar-refractivity contribution in [3.8, 4) is 0 Å². The van der Waals surface area contributed by atoms with Gasteiger partial charge in [-0.25, -0.2) is 4.79 Å². The number of nitrogen functional groups attached to an aromatic ring is 1. The van der Waals surface area contributed by atoms with E-state index in [2.05, 4.69) is 5.32 Å². The molecule has 3 N–H and O–H groups in total. The van der Waals surface area contributed by atoms with Crippen molar-refractivity contribution < 1.29 is 9.53 Å². The molecule has 0 amide bonds. The summed E-state index contributed by atoms with van der Waals surface area (Å²) in [4.78, 5) is 12.7. The Morgan fingerprint density at radius 2 is 2.11 bits per heavy atom. The zero-order valence-corrected chi connectivity index (χ0v) is 11.0. The fourth-order valence-electron chi connectivity index (χ4n) is 1.60. The number of nitrogens with one attached hydrogen (secondary N) is 1. The molecular formula is C13H14N2O2S. The van der Waals surface area contributed by atoms with E-state index in [0.717, 1.165) is 15.6 Å². The number of benzene rings is 1. The Balaban J connectivity index is 2.35. The molecule has 0 saturated heterocycles. The van der Waals surface area contributed by atoms with Crippen LogP contribution in [0.5, 0.6) is 0 Å². The minimum atomic E-state index is -0.351. The van der Waals surface area contributed by atoms with E-state index in [9.17, 15) is 4.79 Å². The summed E-state index contributed by atoms with van der Waals surface area (Å²) in [5.41, 5.74) is 7.81. The van der Waals surface area contributed by atoms with Gasteiger partial charge < -0.3 is 15.8 Å². The number of anilines is 3. The van der Waals surface area contributed by atoms with Crippen molar-refractivity contribution in [3.05, 3.63) is 40.8 Å². The van der Waals surface area contributed by atoms with Gasteiger partial charge in [-0.3, -0.25) is 0 Å². The lowest BCUT2D eigenvalue weighted by atomic mass is 10.2. The quantitative estimate of drug-likeness (QED) is 0.658. The van der Waals surface area contributed by atoms with Gasteiger partial charge in [0.25, 0.3) is 0 Å². The van der Waals surface area contributed by atoms with E-state index in [-0.39, 0.29) is 5.97 Å². The highest BCUT2D eigenvalue weighted by Crippen LogP contribution is 2.32. The Morgan fingerprint density at radius 1 is 1.39 bits per heavy atom. The van der Waals surface area contributed by atoms with Crippen LogP contribution in [0.4, 0.5) is 16.4 Å². The predicted octanol–water partition coefficient (Wildman–Crippen LogP) is 3.17. The number of methoxy groups -OCH3 is 1. The van der Waals surface area contributed by atoms with Gasteiger partial charge in [0.2, 0.25) is 0 Å². The number of ether oxygens (including phenoxy) is 1. The lowest BCUT2D eigenvalue weighted by Gasteiger charge is -2.08. The van der Waals surface area contributed by atoms with Gasteiger partial charge in [-0.1, -0.05) is 12.1 Å². The van der Waals surface area contributed by atoms with Crippen LogP contribution in [0.2, 0.25) is 0 Å². The second kappa shape index (κ2) is 5.10. The van der Waals surface area contributed by atoms with Crippen molar-refractivity contribution in [2.45, 2.75) is 6.92 Å². The molecule has 0 unspecified atom stereocenters. The molecule has 0 aliphatic rings. The van der Waals surface area contributed by atoms with E-state index in [1.165, 1.54) is 18.4 Å². The summed E-state index contributed by atoms with van der Waals surface area (Å²) in [5, 5.41) is 3.92. The van der Waals surface area contributed by atoms with Crippen molar-refractivity contribution in [2.75, 3.05) is 18.2 Å². The van der Waals surface area contributed by atoms with E-state index in [4.69, 9.17) is 10.5 Å². The van der Waals surface area contributed by atoms with E-state index in [1.807, 2.05) is 25.1 Å². The molecule has 0 fully saturated rings. The Morgan fingerprint density at radius 3 is 2.78 bits per heavy atom. The van der Waals surface area contributed by atoms with Crippen molar-refractivity contribution in [1.82, 2.24) is 0 Å². The monoisotopic (exact) mass is 262 g/mol. The van der Waals surface area contributed by atoms with Gasteiger partial charge in [0.15, 0.2) is 0 Å². The molecule has 1 aromatic heterocycles. The number of hydrogen-bond acceptors (Lipinski definition) is 5. The molecule has 0 atom stereocenters. The van der Waals surface area contributed by atoms with Crippen LogP contribution in [0, 0.1) is 6.92 Å². The van der Waals surface area contributed by atoms with E-state index >= 15 is 0 Å². The van der Waals surface area contributed by atoms with Crippen LogP contribution in [0.25, 0.3) is 0 Å². The molecule has 0 saturated carbocycles. The highest BCUT2D eigenvalue weighted by atomic mass is 32.1. The number of hydrogen-bond donors (Lipinski definition) is 2. The normalized spacial score (nSPS) is 10.1. The number of para-hydroxylation sites is 2. The Labute approximate surface area is 109 Å². The molecule has 18 heavy (non-hydrogen) atoms. The highest BCUT2D eigenvalue weighted by molar-refractivity contribution is 7.16. The first kappa shape index (κ1) is 12.4. The van der Waals surface area contributed by atoms with Crippen molar-refractivity contribution >= 4 is 33.7 Å². The summed E-state index contributed by atoms with van der Waals surface area (Å²) in [6.07, 6.45) is 0. The maximum absolute atomic E-state index is 11.6. The number of aryl methyl sites for hydroxylation is 1. The number of nitrogens with two attached hydrogens (primary N) is 1. The molecule has 0 aliphatic heterocycles. The fourth-order valence-corrected chi connectivity index (χ4v) is 2.51. The SMILES string of the molecule is COC(=O)c1cc(C)sc1Nc1ccccc1N. The molecule has 2 rings (SSSR count). The topological polar surface area (TPSA) is 64.3 Å². The molecule has 0 radical (unpaired) electrons. The predicted molar refractivity (Wildman–Crippen MR) is 74.5 cm³/mol. The highest BCUT2D eigenvalue weighted by Gasteiger charge is 2.15. The van der Waals surface area contributed by atoms with Crippen LogP contribution in [-0.2, 0) is 4.74 Å². The van der Waals surface area contributed by atoms with Crippen molar-refractivity contribution in [3.63, 3.8) is 0 Å². The van der Waals surface area contributed by atoms with Gasteiger partial charge in [-0.2, -0.15) is 0 Å². The second-order valence-corrected chi connectivity index (χ2v) is 5.06.